The summed E-state index contributed by atoms with van der Waals surface area (Å²) >= 11 is 0. The van der Waals surface area contributed by atoms with Crippen molar-refractivity contribution >= 4 is 5.91 Å². The summed E-state index contributed by atoms with van der Waals surface area (Å²) in [4.78, 5) is 11.3. The first-order valence-electron chi connectivity index (χ1n) is 5.73. The molecule has 0 aromatic carbocycles. The van der Waals surface area contributed by atoms with Gasteiger partial charge in [-0.1, -0.05) is 13.8 Å². The van der Waals surface area contributed by atoms with Crippen LogP contribution in [0.1, 0.15) is 20.3 Å². The molecule has 4 heteroatoms. The lowest BCUT2D eigenvalue weighted by Gasteiger charge is -2.26. The van der Waals surface area contributed by atoms with Crippen LogP contribution in [0.5, 0.6) is 0 Å². The fourth-order valence-electron chi connectivity index (χ4n) is 1.41. The quantitative estimate of drug-likeness (QED) is 0.603. The molecule has 2 N–H and O–H groups in total. The van der Waals surface area contributed by atoms with Crippen molar-refractivity contribution in [3.63, 3.8) is 0 Å². The predicted octanol–water partition coefficient (Wildman–Crippen LogP) is 0.385. The minimum absolute atomic E-state index is 0.148. The molecule has 0 spiro atoms. The van der Waals surface area contributed by atoms with E-state index in [4.69, 9.17) is 4.74 Å². The molecule has 1 fully saturated rings. The summed E-state index contributed by atoms with van der Waals surface area (Å²) < 4.78 is 5.36. The minimum atomic E-state index is 0.148. The van der Waals surface area contributed by atoms with E-state index in [2.05, 4.69) is 24.5 Å². The summed E-state index contributed by atoms with van der Waals surface area (Å²) in [6, 6.07) is 0. The molecular weight excluding hydrogens is 192 g/mol. The van der Waals surface area contributed by atoms with Gasteiger partial charge in [0.2, 0.25) is 5.91 Å². The lowest BCUT2D eigenvalue weighted by Crippen LogP contribution is -2.44. The zero-order chi connectivity index (χ0) is 11.1. The van der Waals surface area contributed by atoms with Crippen LogP contribution in [0.2, 0.25) is 0 Å². The van der Waals surface area contributed by atoms with E-state index in [0.717, 1.165) is 19.7 Å². The molecule has 1 saturated heterocycles. The molecule has 0 radical (unpaired) electrons. The summed E-state index contributed by atoms with van der Waals surface area (Å²) in [5.41, 5.74) is 0. The number of ether oxygens (including phenoxy) is 1. The second-order valence-electron chi connectivity index (χ2n) is 4.55. The normalized spacial score (nSPS) is 16.5. The number of hydrogen-bond acceptors (Lipinski definition) is 3. The van der Waals surface area contributed by atoms with E-state index < -0.39 is 0 Å². The lowest BCUT2D eigenvalue weighted by molar-refractivity contribution is -0.122. The van der Waals surface area contributed by atoms with E-state index in [-0.39, 0.29) is 5.91 Å². The molecule has 0 bridgehead atoms. The molecule has 1 amide bonds. The van der Waals surface area contributed by atoms with Gasteiger partial charge in [-0.05, 0) is 24.9 Å². The maximum absolute atomic E-state index is 11.3. The number of carbonyl (C=O) groups excluding carboxylic acids is 1. The van der Waals surface area contributed by atoms with Gasteiger partial charge in [-0.15, -0.1) is 0 Å². The van der Waals surface area contributed by atoms with Crippen LogP contribution in [0, 0.1) is 11.8 Å². The molecule has 88 valence electrons. The molecule has 1 aliphatic heterocycles. The first-order chi connectivity index (χ1) is 7.18. The molecule has 1 heterocycles. The number of carbonyl (C=O) groups is 1. The maximum atomic E-state index is 11.3. The van der Waals surface area contributed by atoms with Crippen molar-refractivity contribution < 1.29 is 9.53 Å². The number of rotatable bonds is 7. The summed E-state index contributed by atoms with van der Waals surface area (Å²) in [5.74, 6) is 1.25. The van der Waals surface area contributed by atoms with E-state index in [9.17, 15) is 4.79 Å². The molecule has 0 unspecified atom stereocenters. The van der Waals surface area contributed by atoms with E-state index >= 15 is 0 Å². The Morgan fingerprint density at radius 3 is 2.80 bits per heavy atom. The van der Waals surface area contributed by atoms with Gasteiger partial charge in [-0.2, -0.15) is 0 Å². The Morgan fingerprint density at radius 1 is 1.53 bits per heavy atom. The van der Waals surface area contributed by atoms with Crippen LogP contribution < -0.4 is 10.6 Å². The highest BCUT2D eigenvalue weighted by Gasteiger charge is 2.19. The Bertz CT molecular complexity index is 191. The van der Waals surface area contributed by atoms with E-state index in [0.29, 0.717) is 31.4 Å². The van der Waals surface area contributed by atoms with Gasteiger partial charge >= 0.3 is 0 Å². The molecule has 1 rings (SSSR count). The summed E-state index contributed by atoms with van der Waals surface area (Å²) in [7, 11) is 0. The molecule has 1 aliphatic rings. The second kappa shape index (κ2) is 6.80. The zero-order valence-corrected chi connectivity index (χ0v) is 9.71. The Kier molecular flexibility index (Phi) is 5.65. The van der Waals surface area contributed by atoms with Gasteiger partial charge in [-0.25, -0.2) is 0 Å². The van der Waals surface area contributed by atoms with Crippen molar-refractivity contribution in [2.45, 2.75) is 20.3 Å². The highest BCUT2D eigenvalue weighted by molar-refractivity contribution is 5.76. The van der Waals surface area contributed by atoms with Crippen LogP contribution in [0.3, 0.4) is 0 Å². The van der Waals surface area contributed by atoms with Crippen LogP contribution in [-0.4, -0.2) is 38.8 Å². The summed E-state index contributed by atoms with van der Waals surface area (Å²) in [6.45, 7) is 8.21. The van der Waals surface area contributed by atoms with Crippen molar-refractivity contribution in [2.24, 2.45) is 11.8 Å². The van der Waals surface area contributed by atoms with Crippen molar-refractivity contribution in [1.82, 2.24) is 10.6 Å². The van der Waals surface area contributed by atoms with Crippen LogP contribution in [0.25, 0.3) is 0 Å². The van der Waals surface area contributed by atoms with Crippen LogP contribution >= 0.6 is 0 Å². The van der Waals surface area contributed by atoms with Gasteiger partial charge in [0.25, 0.3) is 0 Å². The minimum Gasteiger partial charge on any atom is -0.379 e. The molecule has 0 aliphatic carbocycles. The van der Waals surface area contributed by atoms with Crippen molar-refractivity contribution in [3.05, 3.63) is 0 Å². The van der Waals surface area contributed by atoms with Crippen LogP contribution in [0.4, 0.5) is 0 Å². The molecule has 4 nitrogen and oxygen atoms in total. The average Bonchev–Trinajstić information content (AvgIpc) is 2.10. The van der Waals surface area contributed by atoms with Crippen LogP contribution in [0.15, 0.2) is 0 Å². The van der Waals surface area contributed by atoms with Gasteiger partial charge in [0.05, 0.1) is 6.61 Å². The van der Waals surface area contributed by atoms with Gasteiger partial charge < -0.3 is 15.4 Å². The third-order valence-electron chi connectivity index (χ3n) is 2.36. The highest BCUT2D eigenvalue weighted by Crippen LogP contribution is 2.07. The molecule has 0 aromatic heterocycles. The Labute approximate surface area is 91.8 Å². The number of hydrogen-bond donors (Lipinski definition) is 2. The summed E-state index contributed by atoms with van der Waals surface area (Å²) in [6.07, 6.45) is 0.650. The van der Waals surface area contributed by atoms with Crippen LogP contribution in [-0.2, 0) is 9.53 Å². The molecule has 0 saturated carbocycles. The summed E-state index contributed by atoms with van der Waals surface area (Å²) in [5, 5.41) is 6.01. The molecule has 0 atom stereocenters. The van der Waals surface area contributed by atoms with Gasteiger partial charge in [0.1, 0.15) is 0 Å². The predicted molar refractivity (Wildman–Crippen MR) is 59.6 cm³/mol. The average molecular weight is 214 g/mol. The Balaban J connectivity index is 1.88. The van der Waals surface area contributed by atoms with Crippen molar-refractivity contribution in [1.29, 1.82) is 0 Å². The standard InChI is InChI=1S/C11H22N2O2/c1-9(2)8-15-4-3-13-11(14)5-10-6-12-7-10/h9-10,12H,3-8H2,1-2H3,(H,13,14). The smallest absolute Gasteiger partial charge is 0.220 e. The fraction of sp³-hybridized carbons (Fsp3) is 0.909. The lowest BCUT2D eigenvalue weighted by atomic mass is 9.99. The van der Waals surface area contributed by atoms with E-state index in [1.54, 1.807) is 0 Å². The first-order valence-corrected chi connectivity index (χ1v) is 5.73. The molecule has 0 aromatic rings. The fourth-order valence-corrected chi connectivity index (χ4v) is 1.41. The Morgan fingerprint density at radius 2 is 2.27 bits per heavy atom. The van der Waals surface area contributed by atoms with Gasteiger partial charge in [0, 0.05) is 19.6 Å². The van der Waals surface area contributed by atoms with E-state index in [1.807, 2.05) is 0 Å². The molecule has 15 heavy (non-hydrogen) atoms. The van der Waals surface area contributed by atoms with Crippen molar-refractivity contribution in [3.8, 4) is 0 Å². The molecular formula is C11H22N2O2. The third-order valence-corrected chi connectivity index (χ3v) is 2.36. The van der Waals surface area contributed by atoms with Gasteiger partial charge in [0.15, 0.2) is 0 Å². The largest absolute Gasteiger partial charge is 0.379 e. The topological polar surface area (TPSA) is 50.4 Å². The number of amides is 1. The Hall–Kier alpha value is -0.610. The first kappa shape index (κ1) is 12.5. The highest BCUT2D eigenvalue weighted by atomic mass is 16.5. The van der Waals surface area contributed by atoms with E-state index in [1.165, 1.54) is 0 Å². The van der Waals surface area contributed by atoms with Crippen molar-refractivity contribution in [2.75, 3.05) is 32.8 Å². The second-order valence-corrected chi connectivity index (χ2v) is 4.55. The van der Waals surface area contributed by atoms with Gasteiger partial charge in [-0.3, -0.25) is 4.79 Å². The SMILES string of the molecule is CC(C)COCCNC(=O)CC1CNC1. The number of nitrogens with one attached hydrogen (secondary N) is 2. The third kappa shape index (κ3) is 5.74. The monoisotopic (exact) mass is 214 g/mol. The zero-order valence-electron chi connectivity index (χ0n) is 9.71. The maximum Gasteiger partial charge on any atom is 0.220 e.